The van der Waals surface area contributed by atoms with E-state index in [0.29, 0.717) is 35.8 Å². The lowest BCUT2D eigenvalue weighted by molar-refractivity contribution is -0.144. The molecular weight excluding hydrogens is 893 g/mol. The number of aromatic amines is 1. The van der Waals surface area contributed by atoms with Crippen LogP contribution in [-0.4, -0.2) is 130 Å². The van der Waals surface area contributed by atoms with Crippen LogP contribution in [-0.2, 0) is 31.1 Å². The maximum absolute atomic E-state index is 14.7. The average molecular weight is 945 g/mol. The molecule has 0 spiro atoms. The van der Waals surface area contributed by atoms with E-state index in [1.54, 1.807) is 0 Å². The third-order valence-electron chi connectivity index (χ3n) is 13.8. The van der Waals surface area contributed by atoms with Gasteiger partial charge in [-0.1, -0.05) is 61.2 Å². The number of benzene rings is 2. The molecule has 6 atom stereocenters. The minimum atomic E-state index is -1.26. The predicted octanol–water partition coefficient (Wildman–Crippen LogP) is 2.52. The van der Waals surface area contributed by atoms with Crippen molar-refractivity contribution in [2.75, 3.05) is 13.1 Å². The molecule has 19 heteroatoms. The van der Waals surface area contributed by atoms with Crippen molar-refractivity contribution in [2.45, 2.75) is 87.4 Å². The molecule has 19 nitrogen and oxygen atoms in total. The topological polar surface area (TPSA) is 250 Å². The summed E-state index contributed by atoms with van der Waals surface area (Å²) >= 11 is 0. The third-order valence-corrected chi connectivity index (χ3v) is 13.8. The maximum atomic E-state index is 14.7. The molecule has 0 radical (unpaired) electrons. The summed E-state index contributed by atoms with van der Waals surface area (Å²) in [5.41, 5.74) is 9.11. The van der Waals surface area contributed by atoms with Crippen molar-refractivity contribution in [1.82, 2.24) is 56.0 Å². The number of aliphatic hydroxyl groups is 2. The second-order valence-corrected chi connectivity index (χ2v) is 18.4. The molecule has 5 aromatic rings. The number of pyridine rings is 2. The number of imidazole rings is 1. The largest absolute Gasteiger partial charge is 0.391 e. The smallest absolute Gasteiger partial charge is 0.252 e. The van der Waals surface area contributed by atoms with Crippen LogP contribution in [0.4, 0.5) is 0 Å². The van der Waals surface area contributed by atoms with E-state index in [1.807, 2.05) is 71.8 Å². The van der Waals surface area contributed by atoms with Crippen LogP contribution < -0.4 is 21.4 Å². The van der Waals surface area contributed by atoms with Crippen LogP contribution in [0, 0.1) is 0 Å². The molecule has 5 amide bonds. The molecule has 358 valence electrons. The summed E-state index contributed by atoms with van der Waals surface area (Å²) in [7, 11) is 0. The minimum absolute atomic E-state index is 0.0213. The normalized spacial score (nSPS) is 21.7. The number of amides is 5. The molecule has 4 aliphatic heterocycles. The number of hydrogen-bond donors (Lipinski definition) is 7. The van der Waals surface area contributed by atoms with Gasteiger partial charge in [0, 0.05) is 85.1 Å². The number of carbonyl (C=O) groups is 5. The summed E-state index contributed by atoms with van der Waals surface area (Å²) < 4.78 is 0. The zero-order valence-corrected chi connectivity index (χ0v) is 38.3. The Morgan fingerprint density at radius 2 is 1.54 bits per heavy atom. The highest BCUT2D eigenvalue weighted by atomic mass is 16.3. The van der Waals surface area contributed by atoms with Gasteiger partial charge >= 0.3 is 0 Å². The first kappa shape index (κ1) is 45.7. The number of amidine groups is 1. The van der Waals surface area contributed by atoms with Crippen LogP contribution in [0.5, 0.6) is 0 Å². The van der Waals surface area contributed by atoms with E-state index in [2.05, 4.69) is 54.1 Å². The molecule has 70 heavy (non-hydrogen) atoms. The van der Waals surface area contributed by atoms with Crippen molar-refractivity contribution in [3.05, 3.63) is 144 Å². The Kier molecular flexibility index (Phi) is 12.3. The highest BCUT2D eigenvalue weighted by Gasteiger charge is 2.48. The van der Waals surface area contributed by atoms with Crippen molar-refractivity contribution < 1.29 is 34.2 Å². The lowest BCUT2D eigenvalue weighted by atomic mass is 9.71. The molecular formula is C51H52N12O7. The number of hydrazone groups is 1. The highest BCUT2D eigenvalue weighted by molar-refractivity contribution is 6.07. The number of likely N-dealkylation sites (tertiary alicyclic amines) is 2. The van der Waals surface area contributed by atoms with Gasteiger partial charge in [0.2, 0.25) is 23.6 Å². The molecule has 0 unspecified atom stereocenters. The number of rotatable bonds is 13. The predicted molar refractivity (Wildman–Crippen MR) is 256 cm³/mol. The second-order valence-electron chi connectivity index (χ2n) is 18.4. The lowest BCUT2D eigenvalue weighted by Crippen LogP contribution is -2.60. The number of aliphatic hydroxyl groups excluding tert-OH is 2. The van der Waals surface area contributed by atoms with Gasteiger partial charge in [-0.05, 0) is 61.6 Å². The van der Waals surface area contributed by atoms with Crippen molar-refractivity contribution in [3.63, 3.8) is 0 Å². The molecule has 1 aliphatic carbocycles. The Labute approximate surface area is 402 Å². The number of fused-ring (bicyclic) bond motifs is 3. The molecule has 7 N–H and O–H groups in total. The quantitative estimate of drug-likeness (QED) is 0.0900. The van der Waals surface area contributed by atoms with Crippen molar-refractivity contribution in [2.24, 2.45) is 5.10 Å². The number of H-pyrrole nitrogens is 1. The van der Waals surface area contributed by atoms with Gasteiger partial charge in [-0.15, -0.1) is 0 Å². The van der Waals surface area contributed by atoms with E-state index in [9.17, 15) is 34.2 Å². The van der Waals surface area contributed by atoms with Crippen molar-refractivity contribution in [1.29, 1.82) is 0 Å². The molecule has 3 fully saturated rings. The molecule has 10 rings (SSSR count). The van der Waals surface area contributed by atoms with Crippen molar-refractivity contribution >= 4 is 41.4 Å². The van der Waals surface area contributed by atoms with Crippen LogP contribution in [0.25, 0.3) is 28.5 Å². The van der Waals surface area contributed by atoms with Crippen LogP contribution in [0.1, 0.15) is 71.9 Å². The van der Waals surface area contributed by atoms with E-state index >= 15 is 0 Å². The van der Waals surface area contributed by atoms with E-state index < -0.39 is 71.5 Å². The Morgan fingerprint density at radius 1 is 0.843 bits per heavy atom. The second kappa shape index (κ2) is 18.8. The summed E-state index contributed by atoms with van der Waals surface area (Å²) in [6.45, 7) is 5.21. The Morgan fingerprint density at radius 3 is 2.21 bits per heavy atom. The van der Waals surface area contributed by atoms with Gasteiger partial charge in [0.1, 0.15) is 30.0 Å². The van der Waals surface area contributed by atoms with Crippen LogP contribution >= 0.6 is 0 Å². The number of carbonyl (C=O) groups excluding carboxylic acids is 5. The Bertz CT molecular complexity index is 2910. The van der Waals surface area contributed by atoms with Gasteiger partial charge in [-0.2, -0.15) is 5.10 Å². The van der Waals surface area contributed by atoms with E-state index in [1.165, 1.54) is 53.8 Å². The molecule has 7 heterocycles. The summed E-state index contributed by atoms with van der Waals surface area (Å²) in [5.74, 6) is -1.50. The zero-order chi connectivity index (χ0) is 48.7. The number of nitrogens with one attached hydrogen (secondary N) is 5. The summed E-state index contributed by atoms with van der Waals surface area (Å²) in [6.07, 6.45) is 9.61. The first-order chi connectivity index (χ1) is 33.9. The fourth-order valence-corrected chi connectivity index (χ4v) is 10.0. The SMILES string of the molecule is C=C1NN=C2c3cc(-c4ccccc4)c(-c4ccc(C5(NC(=O)[C@@H]6C[C@@H](O)CN6C(=O)[C@H](Cc6cnc[nH]6)NC(=O)[C@@H]6C[C@@H](O)CN6C(=O)[C@@H](C)NC(=O)c6ccncc6)CCC5)cc4)nc3C=CN12. The summed E-state index contributed by atoms with van der Waals surface area (Å²) in [5, 5.41) is 35.0. The minimum Gasteiger partial charge on any atom is -0.391 e. The first-order valence-corrected chi connectivity index (χ1v) is 23.3. The van der Waals surface area contributed by atoms with Gasteiger partial charge in [0.25, 0.3) is 5.91 Å². The molecule has 2 saturated heterocycles. The molecule has 0 bridgehead atoms. The number of aromatic nitrogens is 4. The summed E-state index contributed by atoms with van der Waals surface area (Å²) in [6, 6.07) is 18.6. The lowest BCUT2D eigenvalue weighted by Gasteiger charge is -2.44. The average Bonchev–Trinajstić information content (AvgIpc) is 4.20. The first-order valence-electron chi connectivity index (χ1n) is 23.3. The monoisotopic (exact) mass is 944 g/mol. The van der Waals surface area contributed by atoms with Crippen LogP contribution in [0.3, 0.4) is 0 Å². The number of hydrogen-bond acceptors (Lipinski definition) is 13. The van der Waals surface area contributed by atoms with Crippen molar-refractivity contribution in [3.8, 4) is 22.4 Å². The van der Waals surface area contributed by atoms with Crippen LogP contribution in [0.2, 0.25) is 0 Å². The maximum Gasteiger partial charge on any atom is 0.252 e. The molecule has 3 aromatic heterocycles. The van der Waals surface area contributed by atoms with Gasteiger partial charge in [0.15, 0.2) is 5.84 Å². The van der Waals surface area contributed by atoms with Gasteiger partial charge in [-0.25, -0.2) is 9.97 Å². The van der Waals surface area contributed by atoms with Gasteiger partial charge in [-0.3, -0.25) is 39.3 Å². The standard InChI is InChI=1S/C51H52N12O7/c1-29(55-46(66)33-13-18-52-19-14-33)49(69)62-26-36(64)22-42(62)47(67)57-41(21-35-25-53-28-54-35)50(70)63-27-37(65)23-43(63)48(68)58-51(16-6-17-51)34-11-9-32(10-12-34)44-38(31-7-4-3-5-8-31)24-39-40(56-44)15-20-61-30(2)59-60-45(39)61/h3-5,7-15,18-20,24-25,28-29,36-37,41-43,59,64-65H,2,6,16-17,21-23,26-27H2,1H3,(H,53,54)(H,55,66)(H,57,67)(H,58,68)/t29-,36-,37-,41+,42+,43+/m1/s1. The highest BCUT2D eigenvalue weighted by Crippen LogP contribution is 2.43. The van der Waals surface area contributed by atoms with Gasteiger partial charge in [0.05, 0.1) is 35.5 Å². The fourth-order valence-electron chi connectivity index (χ4n) is 10.0. The Hall–Kier alpha value is -8.03. The Balaban J connectivity index is 0.862. The summed E-state index contributed by atoms with van der Waals surface area (Å²) in [4.78, 5) is 90.4. The van der Waals surface area contributed by atoms with E-state index in [-0.39, 0.29) is 32.4 Å². The van der Waals surface area contributed by atoms with E-state index in [4.69, 9.17) is 4.98 Å². The fraction of sp³-hybridized carbons (Fsp3) is 0.314. The molecule has 2 aromatic carbocycles. The van der Waals surface area contributed by atoms with Crippen LogP contribution in [0.15, 0.2) is 121 Å². The van der Waals surface area contributed by atoms with Gasteiger partial charge < -0.3 is 40.9 Å². The molecule has 5 aliphatic rings. The zero-order valence-electron chi connectivity index (χ0n) is 38.3. The number of nitrogens with zero attached hydrogens (tertiary/aromatic N) is 7. The van der Waals surface area contributed by atoms with E-state index in [0.717, 1.165) is 45.6 Å². The molecule has 1 saturated carbocycles. The third kappa shape index (κ3) is 8.80. The number of β-amino-alcohol motifs (C(OH)–C–C–N with tert-alkyl or cyclic N) is 2.